The highest BCUT2D eigenvalue weighted by atomic mass is 32.2. The van der Waals surface area contributed by atoms with E-state index in [-0.39, 0.29) is 5.82 Å². The molecular formula is C22H21FN6O3S. The fourth-order valence-corrected chi connectivity index (χ4v) is 3.87. The first-order valence-corrected chi connectivity index (χ1v) is 11.2. The van der Waals surface area contributed by atoms with Gasteiger partial charge in [0.15, 0.2) is 5.82 Å². The number of halogens is 1. The summed E-state index contributed by atoms with van der Waals surface area (Å²) in [5.74, 6) is -0.425. The number of aliphatic imine (C=N–C) groups is 1. The van der Waals surface area contributed by atoms with Crippen LogP contribution in [0.25, 0.3) is 0 Å². The molecule has 33 heavy (non-hydrogen) atoms. The van der Waals surface area contributed by atoms with E-state index in [1.807, 2.05) is 6.07 Å². The van der Waals surface area contributed by atoms with Crippen molar-refractivity contribution in [3.05, 3.63) is 78.7 Å². The summed E-state index contributed by atoms with van der Waals surface area (Å²) < 4.78 is 39.8. The first kappa shape index (κ1) is 23.5. The number of carbonyl (C=O) groups excluding carboxylic acids is 1. The van der Waals surface area contributed by atoms with E-state index in [0.717, 1.165) is 29.0 Å². The van der Waals surface area contributed by atoms with E-state index in [9.17, 15) is 17.6 Å². The number of hydrogen-bond acceptors (Lipinski definition) is 6. The van der Waals surface area contributed by atoms with Crippen LogP contribution < -0.4 is 14.9 Å². The Morgan fingerprint density at radius 1 is 1.06 bits per heavy atom. The van der Waals surface area contributed by atoms with Gasteiger partial charge in [0.1, 0.15) is 11.1 Å². The number of hydrogen-bond donors (Lipinski definition) is 3. The first-order chi connectivity index (χ1) is 15.8. The monoisotopic (exact) mass is 468 g/mol. The Bertz CT molecular complexity index is 1230. The molecule has 2 aromatic carbocycles. The second kappa shape index (κ2) is 10.5. The minimum atomic E-state index is -4.02. The standard InChI is InChI=1S/C22H21FN6O3S/c1-29(33(31,32)20(13-24)15-26-21-12-7-16(23)14-25-21)19-10-8-18(9-11-19)28-22(30)27-17-5-3-2-4-6-17/h2-15,20,24H,1H3,(H2,27,28,30). The van der Waals surface area contributed by atoms with E-state index in [4.69, 9.17) is 5.41 Å². The summed E-state index contributed by atoms with van der Waals surface area (Å²) in [6.45, 7) is 0. The van der Waals surface area contributed by atoms with E-state index in [1.54, 1.807) is 36.4 Å². The number of carbonyl (C=O) groups is 1. The molecule has 3 aromatic rings. The van der Waals surface area contributed by atoms with Crippen molar-refractivity contribution in [2.24, 2.45) is 4.99 Å². The third kappa shape index (κ3) is 6.20. The predicted molar refractivity (Wildman–Crippen MR) is 128 cm³/mol. The normalized spacial score (nSPS) is 12.2. The number of urea groups is 1. The first-order valence-electron chi connectivity index (χ1n) is 9.67. The van der Waals surface area contributed by atoms with Gasteiger partial charge in [0.05, 0.1) is 11.9 Å². The van der Waals surface area contributed by atoms with Crippen molar-refractivity contribution >= 4 is 51.4 Å². The summed E-state index contributed by atoms with van der Waals surface area (Å²) in [7, 11) is -2.67. The molecule has 3 N–H and O–H groups in total. The molecule has 1 aromatic heterocycles. The molecule has 0 saturated carbocycles. The largest absolute Gasteiger partial charge is 0.323 e. The number of pyridine rings is 1. The van der Waals surface area contributed by atoms with Crippen LogP contribution >= 0.6 is 0 Å². The SMILES string of the molecule is CN(c1ccc(NC(=O)Nc2ccccc2)cc1)S(=O)(=O)C(C=N)C=Nc1ccc(F)cn1. The lowest BCUT2D eigenvalue weighted by molar-refractivity contribution is 0.262. The van der Waals surface area contributed by atoms with Gasteiger partial charge < -0.3 is 16.0 Å². The number of aromatic nitrogens is 1. The molecule has 1 heterocycles. The third-order valence-corrected chi connectivity index (χ3v) is 6.40. The van der Waals surface area contributed by atoms with Gasteiger partial charge >= 0.3 is 6.03 Å². The molecule has 0 aliphatic heterocycles. The Kier molecular flexibility index (Phi) is 7.46. The third-order valence-electron chi connectivity index (χ3n) is 4.48. The minimum Gasteiger partial charge on any atom is -0.311 e. The van der Waals surface area contributed by atoms with Crippen LogP contribution in [0.4, 0.5) is 32.1 Å². The molecule has 0 saturated heterocycles. The number of nitrogens with zero attached hydrogens (tertiary/aromatic N) is 3. The summed E-state index contributed by atoms with van der Waals surface area (Å²) in [5.41, 5.74) is 1.42. The second-order valence-electron chi connectivity index (χ2n) is 6.75. The Morgan fingerprint density at radius 3 is 2.27 bits per heavy atom. The van der Waals surface area contributed by atoms with Crippen molar-refractivity contribution in [1.82, 2.24) is 4.98 Å². The van der Waals surface area contributed by atoms with Crippen molar-refractivity contribution in [2.45, 2.75) is 5.25 Å². The fourth-order valence-electron chi connectivity index (χ4n) is 2.70. The zero-order chi connectivity index (χ0) is 23.8. The van der Waals surface area contributed by atoms with Gasteiger partial charge in [0, 0.05) is 30.9 Å². The van der Waals surface area contributed by atoms with Gasteiger partial charge in [-0.15, -0.1) is 0 Å². The predicted octanol–water partition coefficient (Wildman–Crippen LogP) is 4.05. The Balaban J connectivity index is 1.68. The van der Waals surface area contributed by atoms with Crippen LogP contribution in [0.1, 0.15) is 0 Å². The van der Waals surface area contributed by atoms with Crippen molar-refractivity contribution < 1.29 is 17.6 Å². The van der Waals surface area contributed by atoms with Gasteiger partial charge in [-0.3, -0.25) is 4.31 Å². The van der Waals surface area contributed by atoms with Gasteiger partial charge in [-0.25, -0.2) is 27.6 Å². The van der Waals surface area contributed by atoms with E-state index < -0.39 is 27.1 Å². The maximum Gasteiger partial charge on any atom is 0.323 e. The number of sulfonamides is 1. The lowest BCUT2D eigenvalue weighted by Crippen LogP contribution is -2.38. The lowest BCUT2D eigenvalue weighted by atomic mass is 10.3. The van der Waals surface area contributed by atoms with Crippen molar-refractivity contribution in [3.63, 3.8) is 0 Å². The topological polar surface area (TPSA) is 128 Å². The molecule has 9 nitrogen and oxygen atoms in total. The molecule has 0 spiro atoms. The molecule has 1 unspecified atom stereocenters. The molecule has 0 aliphatic carbocycles. The van der Waals surface area contributed by atoms with Crippen LogP contribution in [0.2, 0.25) is 0 Å². The van der Waals surface area contributed by atoms with Crippen LogP contribution in [-0.4, -0.2) is 44.2 Å². The van der Waals surface area contributed by atoms with Crippen LogP contribution in [0.5, 0.6) is 0 Å². The molecular weight excluding hydrogens is 447 g/mol. The summed E-state index contributed by atoms with van der Waals surface area (Å²) in [5, 5.41) is 11.5. The van der Waals surface area contributed by atoms with Crippen molar-refractivity contribution in [1.29, 1.82) is 5.41 Å². The van der Waals surface area contributed by atoms with Gasteiger partial charge in [0.2, 0.25) is 10.0 Å². The van der Waals surface area contributed by atoms with Gasteiger partial charge in [-0.2, -0.15) is 0 Å². The highest BCUT2D eigenvalue weighted by Crippen LogP contribution is 2.21. The van der Waals surface area contributed by atoms with E-state index in [0.29, 0.717) is 17.1 Å². The zero-order valence-electron chi connectivity index (χ0n) is 17.5. The van der Waals surface area contributed by atoms with Gasteiger partial charge in [0.25, 0.3) is 0 Å². The summed E-state index contributed by atoms with van der Waals surface area (Å²) in [4.78, 5) is 19.8. The average molecular weight is 469 g/mol. The highest BCUT2D eigenvalue weighted by molar-refractivity contribution is 7.94. The van der Waals surface area contributed by atoms with Crippen LogP contribution in [0.3, 0.4) is 0 Å². The Morgan fingerprint density at radius 2 is 1.70 bits per heavy atom. The summed E-state index contributed by atoms with van der Waals surface area (Å²) >= 11 is 0. The van der Waals surface area contributed by atoms with Gasteiger partial charge in [-0.05, 0) is 48.5 Å². The number of amides is 2. The average Bonchev–Trinajstić information content (AvgIpc) is 2.81. The number of anilines is 3. The molecule has 0 fully saturated rings. The number of benzene rings is 2. The number of para-hydroxylation sites is 1. The highest BCUT2D eigenvalue weighted by Gasteiger charge is 2.27. The molecule has 0 radical (unpaired) electrons. The second-order valence-corrected chi connectivity index (χ2v) is 8.87. The Hall–Kier alpha value is -4.12. The molecule has 1 atom stereocenters. The lowest BCUT2D eigenvalue weighted by Gasteiger charge is -2.22. The molecule has 2 amide bonds. The summed E-state index contributed by atoms with van der Waals surface area (Å²) in [6, 6.07) is 17.1. The molecule has 11 heteroatoms. The zero-order valence-corrected chi connectivity index (χ0v) is 18.3. The van der Waals surface area contributed by atoms with E-state index in [2.05, 4.69) is 20.6 Å². The van der Waals surface area contributed by atoms with Crippen molar-refractivity contribution in [3.8, 4) is 0 Å². The van der Waals surface area contributed by atoms with E-state index in [1.165, 1.54) is 25.2 Å². The maximum atomic E-state index is 13.0. The van der Waals surface area contributed by atoms with Crippen LogP contribution in [0.15, 0.2) is 77.9 Å². The number of rotatable bonds is 8. The molecule has 0 bridgehead atoms. The summed E-state index contributed by atoms with van der Waals surface area (Å²) in [6.07, 6.45) is 2.76. The van der Waals surface area contributed by atoms with Crippen LogP contribution in [0, 0.1) is 11.2 Å². The quantitative estimate of drug-likeness (QED) is 0.431. The molecule has 170 valence electrons. The maximum absolute atomic E-state index is 13.0. The number of nitrogens with one attached hydrogen (secondary N) is 3. The molecule has 3 rings (SSSR count). The van der Waals surface area contributed by atoms with E-state index >= 15 is 0 Å². The van der Waals surface area contributed by atoms with Crippen molar-refractivity contribution in [2.75, 3.05) is 22.0 Å². The smallest absolute Gasteiger partial charge is 0.311 e. The Labute approximate surface area is 190 Å². The van der Waals surface area contributed by atoms with Gasteiger partial charge in [-0.1, -0.05) is 18.2 Å². The fraction of sp³-hybridized carbons (Fsp3) is 0.0909. The minimum absolute atomic E-state index is 0.116. The van der Waals surface area contributed by atoms with Crippen LogP contribution in [-0.2, 0) is 10.0 Å². The molecule has 0 aliphatic rings.